The van der Waals surface area contributed by atoms with Gasteiger partial charge < -0.3 is 16.8 Å². The van der Waals surface area contributed by atoms with Crippen molar-refractivity contribution in [3.63, 3.8) is 0 Å². The highest BCUT2D eigenvalue weighted by atomic mass is 32.2. The molecule has 0 atom stereocenters. The van der Waals surface area contributed by atoms with Gasteiger partial charge >= 0.3 is 0 Å². The van der Waals surface area contributed by atoms with Crippen molar-refractivity contribution in [2.24, 2.45) is 16.5 Å². The zero-order valence-electron chi connectivity index (χ0n) is 9.01. The summed E-state index contributed by atoms with van der Waals surface area (Å²) in [6.45, 7) is 0. The number of rotatable bonds is 3. The Balaban J connectivity index is 2.36. The number of nitrogens with two attached hydrogens (primary N) is 2. The first-order valence-corrected chi connectivity index (χ1v) is 5.72. The number of aliphatic imine (C=N–C) groups is 1. The number of carbonyl (C=O) groups excluding carboxylic acids is 1. The van der Waals surface area contributed by atoms with Crippen molar-refractivity contribution in [1.29, 1.82) is 5.41 Å². The van der Waals surface area contributed by atoms with E-state index in [1.54, 1.807) is 12.1 Å². The van der Waals surface area contributed by atoms with Crippen molar-refractivity contribution in [3.05, 3.63) is 30.3 Å². The van der Waals surface area contributed by atoms with Gasteiger partial charge in [-0.25, -0.2) is 0 Å². The van der Waals surface area contributed by atoms with Crippen LogP contribution in [0.25, 0.3) is 0 Å². The quantitative estimate of drug-likeness (QED) is 0.464. The Bertz CT molecular complexity index is 428. The van der Waals surface area contributed by atoms with E-state index in [4.69, 9.17) is 16.9 Å². The van der Waals surface area contributed by atoms with Crippen LogP contribution in [0.3, 0.4) is 0 Å². The molecule has 6 nitrogen and oxygen atoms in total. The van der Waals surface area contributed by atoms with E-state index >= 15 is 0 Å². The topological polar surface area (TPSA) is 117 Å². The second kappa shape index (κ2) is 6.54. The molecule has 1 aromatic carbocycles. The van der Waals surface area contributed by atoms with Gasteiger partial charge in [0, 0.05) is 5.69 Å². The standard InChI is InChI=1S/C10H13N5OS/c11-9(12)15-10(13)17-6-8(16)14-7-4-2-1-3-5-7/h1-5H,6H2,(H,14,16)(H5,11,12,13,15). The van der Waals surface area contributed by atoms with Crippen LogP contribution in [0.1, 0.15) is 0 Å². The highest BCUT2D eigenvalue weighted by molar-refractivity contribution is 8.14. The molecule has 17 heavy (non-hydrogen) atoms. The molecule has 1 aromatic rings. The lowest BCUT2D eigenvalue weighted by atomic mass is 10.3. The number of hydrogen-bond donors (Lipinski definition) is 4. The zero-order valence-corrected chi connectivity index (χ0v) is 9.83. The molecule has 0 aliphatic rings. The first-order valence-electron chi connectivity index (χ1n) is 4.74. The summed E-state index contributed by atoms with van der Waals surface area (Å²) >= 11 is 0.956. The van der Waals surface area contributed by atoms with Gasteiger partial charge in [0.05, 0.1) is 5.75 Å². The van der Waals surface area contributed by atoms with E-state index in [0.717, 1.165) is 11.8 Å². The molecular weight excluding hydrogens is 238 g/mol. The summed E-state index contributed by atoms with van der Waals surface area (Å²) in [4.78, 5) is 15.0. The molecule has 0 saturated heterocycles. The van der Waals surface area contributed by atoms with Crippen molar-refractivity contribution in [2.45, 2.75) is 0 Å². The fourth-order valence-corrected chi connectivity index (χ4v) is 1.51. The van der Waals surface area contributed by atoms with Crippen molar-refractivity contribution in [2.75, 3.05) is 11.1 Å². The maximum absolute atomic E-state index is 11.5. The number of amides is 1. The summed E-state index contributed by atoms with van der Waals surface area (Å²) in [5, 5.41) is 9.92. The predicted molar refractivity (Wildman–Crippen MR) is 71.1 cm³/mol. The van der Waals surface area contributed by atoms with Gasteiger partial charge in [-0.2, -0.15) is 4.99 Å². The zero-order chi connectivity index (χ0) is 12.7. The summed E-state index contributed by atoms with van der Waals surface area (Å²) in [5.41, 5.74) is 10.9. The Kier molecular flexibility index (Phi) is 5.02. The van der Waals surface area contributed by atoms with Gasteiger partial charge in [-0.05, 0) is 12.1 Å². The third-order valence-electron chi connectivity index (χ3n) is 1.63. The minimum absolute atomic E-state index is 0.0878. The maximum Gasteiger partial charge on any atom is 0.234 e. The number of hydrogen-bond acceptors (Lipinski definition) is 3. The second-order valence-electron chi connectivity index (χ2n) is 3.04. The Hall–Kier alpha value is -2.02. The number of carbonyl (C=O) groups is 1. The molecule has 0 aliphatic carbocycles. The van der Waals surface area contributed by atoms with E-state index in [2.05, 4.69) is 10.3 Å². The smallest absolute Gasteiger partial charge is 0.234 e. The van der Waals surface area contributed by atoms with Gasteiger partial charge in [-0.15, -0.1) is 0 Å². The second-order valence-corrected chi connectivity index (χ2v) is 4.01. The minimum Gasteiger partial charge on any atom is -0.370 e. The molecule has 0 aliphatic heterocycles. The summed E-state index contributed by atoms with van der Waals surface area (Å²) in [6.07, 6.45) is 0. The molecule has 7 heteroatoms. The van der Waals surface area contributed by atoms with Gasteiger partial charge in [-0.3, -0.25) is 10.2 Å². The first kappa shape index (κ1) is 13.0. The van der Waals surface area contributed by atoms with E-state index in [-0.39, 0.29) is 22.8 Å². The molecule has 0 radical (unpaired) electrons. The molecule has 1 rings (SSSR count). The number of amidine groups is 1. The average Bonchev–Trinajstić information content (AvgIpc) is 2.27. The van der Waals surface area contributed by atoms with Crippen LogP contribution in [-0.2, 0) is 4.79 Å². The molecule has 0 heterocycles. The lowest BCUT2D eigenvalue weighted by Gasteiger charge is -2.03. The van der Waals surface area contributed by atoms with E-state index in [0.29, 0.717) is 5.69 Å². The number of benzene rings is 1. The lowest BCUT2D eigenvalue weighted by molar-refractivity contribution is -0.113. The van der Waals surface area contributed by atoms with Crippen LogP contribution in [0.2, 0.25) is 0 Å². The molecule has 0 saturated carbocycles. The van der Waals surface area contributed by atoms with Gasteiger partial charge in [0.2, 0.25) is 5.91 Å². The highest BCUT2D eigenvalue weighted by Crippen LogP contribution is 2.08. The lowest BCUT2D eigenvalue weighted by Crippen LogP contribution is -2.24. The fourth-order valence-electron chi connectivity index (χ4n) is 1.00. The third kappa shape index (κ3) is 5.57. The van der Waals surface area contributed by atoms with Gasteiger partial charge in [0.25, 0.3) is 0 Å². The van der Waals surface area contributed by atoms with Crippen LogP contribution in [0.5, 0.6) is 0 Å². The monoisotopic (exact) mass is 251 g/mol. The Morgan fingerprint density at radius 2 is 2.00 bits per heavy atom. The summed E-state index contributed by atoms with van der Waals surface area (Å²) < 4.78 is 0. The first-order chi connectivity index (χ1) is 8.08. The van der Waals surface area contributed by atoms with Crippen LogP contribution in [0.15, 0.2) is 35.3 Å². The number of nitrogens with zero attached hydrogens (tertiary/aromatic N) is 1. The number of nitrogens with one attached hydrogen (secondary N) is 2. The summed E-state index contributed by atoms with van der Waals surface area (Å²) in [5.74, 6) is -0.312. The molecule has 6 N–H and O–H groups in total. The normalized spacial score (nSPS) is 9.41. The van der Waals surface area contributed by atoms with E-state index in [9.17, 15) is 4.79 Å². The fraction of sp³-hybridized carbons (Fsp3) is 0.100. The largest absolute Gasteiger partial charge is 0.370 e. The van der Waals surface area contributed by atoms with E-state index < -0.39 is 0 Å². The number of guanidine groups is 1. The molecule has 0 unspecified atom stereocenters. The molecule has 1 amide bonds. The SMILES string of the molecule is N=C(N=C(N)N)SCC(=O)Nc1ccccc1. The van der Waals surface area contributed by atoms with Gasteiger partial charge in [-0.1, -0.05) is 30.0 Å². The molecule has 0 spiro atoms. The third-order valence-corrected chi connectivity index (χ3v) is 2.40. The van der Waals surface area contributed by atoms with Crippen LogP contribution >= 0.6 is 11.8 Å². The summed E-state index contributed by atoms with van der Waals surface area (Å²) in [7, 11) is 0. The number of thioether (sulfide) groups is 1. The van der Waals surface area contributed by atoms with Crippen molar-refractivity contribution in [3.8, 4) is 0 Å². The molecule has 0 bridgehead atoms. The number of para-hydroxylation sites is 1. The van der Waals surface area contributed by atoms with E-state index in [1.165, 1.54) is 0 Å². The van der Waals surface area contributed by atoms with Crippen LogP contribution in [0, 0.1) is 5.41 Å². The van der Waals surface area contributed by atoms with Crippen LogP contribution < -0.4 is 16.8 Å². The molecule has 90 valence electrons. The van der Waals surface area contributed by atoms with E-state index in [1.807, 2.05) is 18.2 Å². The summed E-state index contributed by atoms with van der Waals surface area (Å²) in [6, 6.07) is 9.07. The Morgan fingerprint density at radius 1 is 1.35 bits per heavy atom. The van der Waals surface area contributed by atoms with Crippen molar-refractivity contribution in [1.82, 2.24) is 0 Å². The Morgan fingerprint density at radius 3 is 2.59 bits per heavy atom. The van der Waals surface area contributed by atoms with Crippen molar-refractivity contribution < 1.29 is 4.79 Å². The molecule has 0 fully saturated rings. The van der Waals surface area contributed by atoms with Crippen molar-refractivity contribution >= 4 is 34.5 Å². The number of anilines is 1. The Labute approximate surface area is 103 Å². The maximum atomic E-state index is 11.5. The predicted octanol–water partition coefficient (Wildman–Crippen LogP) is 0.566. The van der Waals surface area contributed by atoms with Gasteiger partial charge in [0.15, 0.2) is 11.1 Å². The average molecular weight is 251 g/mol. The highest BCUT2D eigenvalue weighted by Gasteiger charge is 2.04. The molecular formula is C10H13N5OS. The van der Waals surface area contributed by atoms with Gasteiger partial charge in [0.1, 0.15) is 0 Å². The minimum atomic E-state index is -0.211. The molecule has 0 aromatic heterocycles. The van der Waals surface area contributed by atoms with Crippen LogP contribution in [0.4, 0.5) is 5.69 Å². The van der Waals surface area contributed by atoms with Crippen LogP contribution in [-0.4, -0.2) is 22.8 Å².